The van der Waals surface area contributed by atoms with Crippen molar-refractivity contribution in [2.45, 2.75) is 44.4 Å². The largest absolute Gasteiger partial charge is 0.460 e. The van der Waals surface area contributed by atoms with E-state index in [2.05, 4.69) is 31.9 Å². The third-order valence-electron chi connectivity index (χ3n) is 5.80. The fourth-order valence-corrected chi connectivity index (χ4v) is 5.24. The molecule has 1 saturated carbocycles. The van der Waals surface area contributed by atoms with Crippen molar-refractivity contribution in [2.75, 3.05) is 30.9 Å². The van der Waals surface area contributed by atoms with E-state index in [0.29, 0.717) is 23.0 Å². The number of nitrogen functional groups attached to an aromatic ring is 1. The van der Waals surface area contributed by atoms with E-state index in [-0.39, 0.29) is 31.5 Å². The van der Waals surface area contributed by atoms with Crippen LogP contribution in [0.3, 0.4) is 0 Å². The molecule has 0 radical (unpaired) electrons. The Morgan fingerprint density at radius 2 is 2.13 bits per heavy atom. The van der Waals surface area contributed by atoms with E-state index in [1.807, 2.05) is 0 Å². The molecule has 4 N–H and O–H groups in total. The second-order valence-corrected chi connectivity index (χ2v) is 10.7. The Hall–Kier alpha value is -3.55. The SMILES string of the molecule is C=CCOC(=O)[C@H](C)NP(=O)(OC[C@@H]1OC[C@H](n2cnc3c(NC4CC4)nc(N)nc32)O1)Oc1ccccc1. The molecule has 208 valence electrons. The van der Waals surface area contributed by atoms with Crippen LogP contribution in [0.1, 0.15) is 26.0 Å². The van der Waals surface area contributed by atoms with Gasteiger partial charge in [-0.2, -0.15) is 15.1 Å². The highest BCUT2D eigenvalue weighted by Gasteiger charge is 2.36. The molecule has 3 heterocycles. The molecule has 2 aromatic heterocycles. The Labute approximate surface area is 224 Å². The van der Waals surface area contributed by atoms with E-state index in [1.54, 1.807) is 41.2 Å². The highest BCUT2D eigenvalue weighted by molar-refractivity contribution is 7.52. The summed E-state index contributed by atoms with van der Waals surface area (Å²) in [4.78, 5) is 25.3. The monoisotopic (exact) mass is 559 g/mol. The summed E-state index contributed by atoms with van der Waals surface area (Å²) in [6.45, 7) is 4.89. The molecular formula is C24H30N7O7P. The number of nitrogens with two attached hydrogens (primary N) is 1. The molecule has 1 aliphatic carbocycles. The van der Waals surface area contributed by atoms with Crippen molar-refractivity contribution in [3.63, 3.8) is 0 Å². The highest BCUT2D eigenvalue weighted by Crippen LogP contribution is 2.45. The fourth-order valence-electron chi connectivity index (χ4n) is 3.77. The van der Waals surface area contributed by atoms with Crippen molar-refractivity contribution < 1.29 is 32.6 Å². The van der Waals surface area contributed by atoms with Crippen molar-refractivity contribution in [2.24, 2.45) is 0 Å². The average Bonchev–Trinajstić information content (AvgIpc) is 3.43. The van der Waals surface area contributed by atoms with Gasteiger partial charge in [-0.25, -0.2) is 9.55 Å². The van der Waals surface area contributed by atoms with Gasteiger partial charge in [0.2, 0.25) is 5.95 Å². The number of ether oxygens (including phenoxy) is 3. The molecule has 14 nitrogen and oxygen atoms in total. The predicted octanol–water partition coefficient (Wildman–Crippen LogP) is 2.77. The number of carbonyl (C=O) groups is 1. The first-order valence-electron chi connectivity index (χ1n) is 12.4. The number of rotatable bonds is 13. The topological polar surface area (TPSA) is 174 Å². The van der Waals surface area contributed by atoms with E-state index in [0.717, 1.165) is 12.8 Å². The molecule has 2 aliphatic rings. The number of imidazole rings is 1. The van der Waals surface area contributed by atoms with Gasteiger partial charge >= 0.3 is 13.7 Å². The van der Waals surface area contributed by atoms with Crippen LogP contribution in [0.4, 0.5) is 11.8 Å². The molecule has 4 atom stereocenters. The number of nitrogens with one attached hydrogen (secondary N) is 2. The number of carbonyl (C=O) groups excluding carboxylic acids is 1. The first kappa shape index (κ1) is 27.0. The number of aromatic nitrogens is 4. The van der Waals surface area contributed by atoms with E-state index < -0.39 is 32.3 Å². The lowest BCUT2D eigenvalue weighted by molar-refractivity contribution is -0.144. The maximum Gasteiger partial charge on any atom is 0.459 e. The molecule has 0 bridgehead atoms. The van der Waals surface area contributed by atoms with E-state index in [1.165, 1.54) is 13.0 Å². The van der Waals surface area contributed by atoms with E-state index in [9.17, 15) is 9.36 Å². The predicted molar refractivity (Wildman–Crippen MR) is 141 cm³/mol. The van der Waals surface area contributed by atoms with Crippen molar-refractivity contribution in [3.8, 4) is 5.75 Å². The lowest BCUT2D eigenvalue weighted by Gasteiger charge is -2.23. The van der Waals surface area contributed by atoms with Crippen molar-refractivity contribution >= 4 is 36.6 Å². The number of para-hydroxylation sites is 1. The zero-order valence-corrected chi connectivity index (χ0v) is 22.2. The molecule has 5 rings (SSSR count). The fraction of sp³-hybridized carbons (Fsp3) is 0.417. The van der Waals surface area contributed by atoms with Crippen LogP contribution in [-0.2, 0) is 28.1 Å². The number of nitrogens with zero attached hydrogens (tertiary/aromatic N) is 4. The van der Waals surface area contributed by atoms with Gasteiger partial charge in [0, 0.05) is 6.04 Å². The molecule has 0 amide bonds. The summed E-state index contributed by atoms with van der Waals surface area (Å²) >= 11 is 0. The zero-order valence-electron chi connectivity index (χ0n) is 21.3. The van der Waals surface area contributed by atoms with Crippen LogP contribution >= 0.6 is 7.75 Å². The standard InChI is InChI=1S/C24H30N7O7P/c1-3-11-34-23(32)15(2)30-39(33,38-17-7-5-4-6-8-17)36-13-19-35-12-18(37-19)31-14-26-20-21(27-16-9-10-16)28-24(25)29-22(20)31/h3-8,14-16,18-19H,1,9-13H2,2H3,(H,30,33)(H3,25,27,28,29)/t15-,18+,19+,39?/m0/s1. The summed E-state index contributed by atoms with van der Waals surface area (Å²) in [5.41, 5.74) is 7.00. The van der Waals surface area contributed by atoms with Gasteiger partial charge in [0.05, 0.1) is 12.9 Å². The van der Waals surface area contributed by atoms with Crippen LogP contribution in [-0.4, -0.2) is 63.7 Å². The second-order valence-electron chi connectivity index (χ2n) is 8.99. The molecule has 2 fully saturated rings. The maximum absolute atomic E-state index is 13.6. The maximum atomic E-state index is 13.6. The van der Waals surface area contributed by atoms with E-state index in [4.69, 9.17) is 29.0 Å². The van der Waals surface area contributed by atoms with Gasteiger partial charge in [-0.3, -0.25) is 13.9 Å². The minimum absolute atomic E-state index is 0.0122. The van der Waals surface area contributed by atoms with Gasteiger partial charge in [-0.1, -0.05) is 30.9 Å². The van der Waals surface area contributed by atoms with Crippen LogP contribution in [0.5, 0.6) is 5.75 Å². The minimum atomic E-state index is -4.08. The van der Waals surface area contributed by atoms with Gasteiger partial charge in [0.25, 0.3) is 0 Å². The molecule has 1 aliphatic heterocycles. The molecule has 3 aromatic rings. The summed E-state index contributed by atoms with van der Waals surface area (Å²) in [5.74, 6) is 0.317. The molecule has 0 spiro atoms. The van der Waals surface area contributed by atoms with Crippen molar-refractivity contribution in [1.82, 2.24) is 24.6 Å². The van der Waals surface area contributed by atoms with Crippen LogP contribution in [0, 0.1) is 0 Å². The molecule has 1 unspecified atom stereocenters. The smallest absolute Gasteiger partial charge is 0.459 e. The second kappa shape index (κ2) is 11.7. The summed E-state index contributed by atoms with van der Waals surface area (Å²) in [6.07, 6.45) is 3.65. The quantitative estimate of drug-likeness (QED) is 0.159. The van der Waals surface area contributed by atoms with Crippen LogP contribution in [0.2, 0.25) is 0 Å². The third-order valence-corrected chi connectivity index (χ3v) is 7.44. The lowest BCUT2D eigenvalue weighted by atomic mass is 10.3. The van der Waals surface area contributed by atoms with Gasteiger partial charge in [-0.05, 0) is 31.9 Å². The molecule has 1 aromatic carbocycles. The number of anilines is 2. The average molecular weight is 560 g/mol. The Morgan fingerprint density at radius 1 is 1.33 bits per heavy atom. The first-order chi connectivity index (χ1) is 18.8. The van der Waals surface area contributed by atoms with Crippen molar-refractivity contribution in [3.05, 3.63) is 49.3 Å². The van der Waals surface area contributed by atoms with Gasteiger partial charge < -0.3 is 29.8 Å². The van der Waals surface area contributed by atoms with Crippen LogP contribution < -0.4 is 20.7 Å². The normalized spacial score (nSPS) is 21.3. The van der Waals surface area contributed by atoms with Gasteiger partial charge in [0.1, 0.15) is 25.0 Å². The molecule has 39 heavy (non-hydrogen) atoms. The molecule has 1 saturated heterocycles. The Morgan fingerprint density at radius 3 is 2.87 bits per heavy atom. The minimum Gasteiger partial charge on any atom is -0.460 e. The molecule has 15 heteroatoms. The number of hydrogen-bond acceptors (Lipinski definition) is 12. The van der Waals surface area contributed by atoms with Crippen LogP contribution in [0.25, 0.3) is 11.2 Å². The number of fused-ring (bicyclic) bond motifs is 1. The Kier molecular flexibility index (Phi) is 8.10. The Bertz CT molecular complexity index is 1370. The third kappa shape index (κ3) is 6.72. The summed E-state index contributed by atoms with van der Waals surface area (Å²) in [7, 11) is -4.08. The van der Waals surface area contributed by atoms with Gasteiger partial charge in [-0.15, -0.1) is 0 Å². The summed E-state index contributed by atoms with van der Waals surface area (Å²) in [6, 6.07) is 7.79. The summed E-state index contributed by atoms with van der Waals surface area (Å²) < 4.78 is 43.4. The number of benzene rings is 1. The Balaban J connectivity index is 1.26. The zero-order chi connectivity index (χ0) is 27.4. The first-order valence-corrected chi connectivity index (χ1v) is 14.0. The molecular weight excluding hydrogens is 529 g/mol. The summed E-state index contributed by atoms with van der Waals surface area (Å²) in [5, 5.41) is 5.92. The number of hydrogen-bond donors (Lipinski definition) is 3. The van der Waals surface area contributed by atoms with Crippen LogP contribution in [0.15, 0.2) is 49.3 Å². The lowest BCUT2D eigenvalue weighted by Crippen LogP contribution is -2.35. The number of esters is 1. The van der Waals surface area contributed by atoms with Crippen molar-refractivity contribution in [1.29, 1.82) is 0 Å². The van der Waals surface area contributed by atoms with Gasteiger partial charge in [0.15, 0.2) is 29.5 Å². The van der Waals surface area contributed by atoms with E-state index >= 15 is 0 Å². The highest BCUT2D eigenvalue weighted by atomic mass is 31.2.